The van der Waals surface area contributed by atoms with E-state index >= 15 is 0 Å². The molecule has 1 heterocycles. The number of carbonyl (C=O) groups is 1. The highest BCUT2D eigenvalue weighted by Gasteiger charge is 2.12. The molecule has 1 aromatic heterocycles. The van der Waals surface area contributed by atoms with Crippen molar-refractivity contribution in [3.05, 3.63) is 57.5 Å². The van der Waals surface area contributed by atoms with Gasteiger partial charge in [0.1, 0.15) is 0 Å². The van der Waals surface area contributed by atoms with Gasteiger partial charge in [0.2, 0.25) is 0 Å². The number of aromatic amines is 2. The van der Waals surface area contributed by atoms with E-state index in [1.54, 1.807) is 36.4 Å². The molecule has 3 rings (SSSR count). The standard InChI is InChI=1S/C14H11ClN4O2/c15-9-3-1-2-8(12(9)16)13(20)17-7-4-5-10-11(6-7)19-14(21)18-10/h1-6H,16H2,(H,17,20)(H2,18,19,21). The molecule has 2 aromatic carbocycles. The molecule has 0 radical (unpaired) electrons. The second-order valence-electron chi connectivity index (χ2n) is 4.49. The molecular formula is C14H11ClN4O2. The Hall–Kier alpha value is -2.73. The van der Waals surface area contributed by atoms with Gasteiger partial charge >= 0.3 is 5.69 Å². The van der Waals surface area contributed by atoms with Crippen molar-refractivity contribution in [1.82, 2.24) is 9.97 Å². The molecule has 0 aliphatic rings. The van der Waals surface area contributed by atoms with Crippen LogP contribution in [-0.4, -0.2) is 15.9 Å². The second kappa shape index (κ2) is 4.99. The molecule has 7 heteroatoms. The van der Waals surface area contributed by atoms with Crippen molar-refractivity contribution in [2.24, 2.45) is 0 Å². The third kappa shape index (κ3) is 2.48. The van der Waals surface area contributed by atoms with E-state index in [1.165, 1.54) is 0 Å². The van der Waals surface area contributed by atoms with Gasteiger partial charge in [0.25, 0.3) is 5.91 Å². The first kappa shape index (κ1) is 13.3. The first-order valence-corrected chi connectivity index (χ1v) is 6.50. The number of fused-ring (bicyclic) bond motifs is 1. The number of carbonyl (C=O) groups excluding carboxylic acids is 1. The maximum absolute atomic E-state index is 12.2. The van der Waals surface area contributed by atoms with Crippen LogP contribution in [0.1, 0.15) is 10.4 Å². The Kier molecular flexibility index (Phi) is 3.15. The summed E-state index contributed by atoms with van der Waals surface area (Å²) in [5.74, 6) is -0.368. The number of para-hydroxylation sites is 1. The van der Waals surface area contributed by atoms with Crippen molar-refractivity contribution in [2.45, 2.75) is 0 Å². The predicted molar refractivity (Wildman–Crippen MR) is 82.7 cm³/mol. The summed E-state index contributed by atoms with van der Waals surface area (Å²) in [6.07, 6.45) is 0. The molecule has 3 aromatic rings. The zero-order valence-corrected chi connectivity index (χ0v) is 11.5. The van der Waals surface area contributed by atoms with E-state index in [4.69, 9.17) is 17.3 Å². The molecule has 0 fully saturated rings. The number of imidazole rings is 1. The number of nitrogens with two attached hydrogens (primary N) is 1. The van der Waals surface area contributed by atoms with Crippen LogP contribution in [0.25, 0.3) is 11.0 Å². The molecule has 0 spiro atoms. The monoisotopic (exact) mass is 302 g/mol. The van der Waals surface area contributed by atoms with E-state index in [9.17, 15) is 9.59 Å². The van der Waals surface area contributed by atoms with Crippen LogP contribution < -0.4 is 16.7 Å². The molecule has 6 nitrogen and oxygen atoms in total. The molecule has 0 saturated carbocycles. The smallest absolute Gasteiger partial charge is 0.323 e. The Balaban J connectivity index is 1.92. The number of aromatic nitrogens is 2. The Morgan fingerprint density at radius 2 is 1.90 bits per heavy atom. The summed E-state index contributed by atoms with van der Waals surface area (Å²) in [7, 11) is 0. The van der Waals surface area contributed by atoms with Gasteiger partial charge in [0.15, 0.2) is 0 Å². The van der Waals surface area contributed by atoms with E-state index in [1.807, 2.05) is 0 Å². The SMILES string of the molecule is Nc1c(Cl)cccc1C(=O)Nc1ccc2[nH]c(=O)[nH]c2c1. The molecular weight excluding hydrogens is 292 g/mol. The minimum absolute atomic E-state index is 0.229. The fourth-order valence-electron chi connectivity index (χ4n) is 2.04. The van der Waals surface area contributed by atoms with Gasteiger partial charge in [0.05, 0.1) is 27.3 Å². The van der Waals surface area contributed by atoms with Gasteiger partial charge in [-0.05, 0) is 30.3 Å². The number of amides is 1. The summed E-state index contributed by atoms with van der Waals surface area (Å²) in [5, 5.41) is 3.04. The van der Waals surface area contributed by atoms with E-state index in [2.05, 4.69) is 15.3 Å². The van der Waals surface area contributed by atoms with Crippen LogP contribution in [0.4, 0.5) is 11.4 Å². The molecule has 5 N–H and O–H groups in total. The van der Waals surface area contributed by atoms with Crippen molar-refractivity contribution in [2.75, 3.05) is 11.1 Å². The van der Waals surface area contributed by atoms with E-state index in [0.717, 1.165) is 0 Å². The minimum Gasteiger partial charge on any atom is -0.397 e. The summed E-state index contributed by atoms with van der Waals surface area (Å²) >= 11 is 5.89. The average Bonchev–Trinajstić information content (AvgIpc) is 2.81. The molecule has 0 aliphatic heterocycles. The summed E-state index contributed by atoms with van der Waals surface area (Å²) in [6.45, 7) is 0. The Labute approximate surface area is 123 Å². The van der Waals surface area contributed by atoms with Crippen LogP contribution in [0, 0.1) is 0 Å². The van der Waals surface area contributed by atoms with Crippen molar-refractivity contribution in [1.29, 1.82) is 0 Å². The predicted octanol–water partition coefficient (Wildman–Crippen LogP) is 2.34. The van der Waals surface area contributed by atoms with Crippen molar-refractivity contribution in [3.63, 3.8) is 0 Å². The highest BCUT2D eigenvalue weighted by molar-refractivity contribution is 6.34. The third-order valence-corrected chi connectivity index (χ3v) is 3.40. The van der Waals surface area contributed by atoms with Gasteiger partial charge in [-0.25, -0.2) is 4.79 Å². The van der Waals surface area contributed by atoms with Gasteiger partial charge in [-0.15, -0.1) is 0 Å². The lowest BCUT2D eigenvalue weighted by Crippen LogP contribution is -2.14. The first-order chi connectivity index (χ1) is 10.0. The van der Waals surface area contributed by atoms with Gasteiger partial charge < -0.3 is 21.0 Å². The molecule has 0 saturated heterocycles. The molecule has 0 atom stereocenters. The van der Waals surface area contributed by atoms with Crippen LogP contribution >= 0.6 is 11.6 Å². The summed E-state index contributed by atoms with van der Waals surface area (Å²) in [5.41, 5.74) is 7.83. The Bertz CT molecular complexity index is 897. The van der Waals surface area contributed by atoms with Gasteiger partial charge in [-0.3, -0.25) is 4.79 Å². The molecule has 0 bridgehead atoms. The van der Waals surface area contributed by atoms with Crippen molar-refractivity contribution in [3.8, 4) is 0 Å². The average molecular weight is 303 g/mol. The Morgan fingerprint density at radius 3 is 2.71 bits per heavy atom. The molecule has 21 heavy (non-hydrogen) atoms. The number of nitrogen functional groups attached to an aromatic ring is 1. The highest BCUT2D eigenvalue weighted by atomic mass is 35.5. The van der Waals surface area contributed by atoms with Crippen molar-refractivity contribution < 1.29 is 4.79 Å². The minimum atomic E-state index is -0.368. The lowest BCUT2D eigenvalue weighted by atomic mass is 10.1. The molecule has 0 unspecified atom stereocenters. The quantitative estimate of drug-likeness (QED) is 0.546. The van der Waals surface area contributed by atoms with Crippen LogP contribution in [0.5, 0.6) is 0 Å². The first-order valence-electron chi connectivity index (χ1n) is 6.12. The normalized spacial score (nSPS) is 10.7. The fourth-order valence-corrected chi connectivity index (χ4v) is 2.22. The molecule has 1 amide bonds. The maximum atomic E-state index is 12.2. The summed E-state index contributed by atoms with van der Waals surface area (Å²) < 4.78 is 0. The number of halogens is 1. The number of benzene rings is 2. The van der Waals surface area contributed by atoms with Crippen LogP contribution in [0.15, 0.2) is 41.2 Å². The van der Waals surface area contributed by atoms with Crippen LogP contribution in [0.2, 0.25) is 5.02 Å². The molecule has 106 valence electrons. The zero-order valence-electron chi connectivity index (χ0n) is 10.7. The molecule has 0 aliphatic carbocycles. The van der Waals surface area contributed by atoms with Gasteiger partial charge in [-0.1, -0.05) is 17.7 Å². The lowest BCUT2D eigenvalue weighted by molar-refractivity contribution is 0.102. The number of hydrogen-bond donors (Lipinski definition) is 4. The summed E-state index contributed by atoms with van der Waals surface area (Å²) in [6, 6.07) is 9.90. The number of rotatable bonds is 2. The third-order valence-electron chi connectivity index (χ3n) is 3.07. The highest BCUT2D eigenvalue weighted by Crippen LogP contribution is 2.23. The number of H-pyrrole nitrogens is 2. The largest absolute Gasteiger partial charge is 0.397 e. The van der Waals surface area contributed by atoms with Gasteiger partial charge in [0, 0.05) is 5.69 Å². The van der Waals surface area contributed by atoms with Crippen molar-refractivity contribution >= 4 is 39.9 Å². The van der Waals surface area contributed by atoms with E-state index < -0.39 is 0 Å². The summed E-state index contributed by atoms with van der Waals surface area (Å²) in [4.78, 5) is 28.6. The lowest BCUT2D eigenvalue weighted by Gasteiger charge is -2.08. The van der Waals surface area contributed by atoms with Gasteiger partial charge in [-0.2, -0.15) is 0 Å². The number of hydrogen-bond acceptors (Lipinski definition) is 3. The van der Waals surface area contributed by atoms with Crippen LogP contribution in [-0.2, 0) is 0 Å². The Morgan fingerprint density at radius 1 is 1.14 bits per heavy atom. The topological polar surface area (TPSA) is 104 Å². The van der Waals surface area contributed by atoms with E-state index in [0.29, 0.717) is 27.3 Å². The van der Waals surface area contributed by atoms with E-state index in [-0.39, 0.29) is 17.3 Å². The number of nitrogens with one attached hydrogen (secondary N) is 3. The fraction of sp³-hybridized carbons (Fsp3) is 0. The van der Waals surface area contributed by atoms with Crippen LogP contribution in [0.3, 0.4) is 0 Å². The number of anilines is 2. The zero-order chi connectivity index (χ0) is 15.0. The second-order valence-corrected chi connectivity index (χ2v) is 4.90. The maximum Gasteiger partial charge on any atom is 0.323 e.